The van der Waals surface area contributed by atoms with E-state index in [9.17, 15) is 0 Å². The van der Waals surface area contributed by atoms with E-state index < -0.39 is 0 Å². The summed E-state index contributed by atoms with van der Waals surface area (Å²) in [4.78, 5) is 2.26. The third-order valence-corrected chi connectivity index (χ3v) is 3.79. The predicted octanol–water partition coefficient (Wildman–Crippen LogP) is 4.71. The van der Waals surface area contributed by atoms with Crippen LogP contribution in [0.1, 0.15) is 33.3 Å². The maximum absolute atomic E-state index is 9.07. The van der Waals surface area contributed by atoms with E-state index >= 15 is 0 Å². The van der Waals surface area contributed by atoms with E-state index in [1.807, 2.05) is 26.0 Å². The Bertz CT molecular complexity index is 573. The zero-order valence-corrected chi connectivity index (χ0v) is 14.9. The Morgan fingerprint density at radius 1 is 1.36 bits per heavy atom. The van der Waals surface area contributed by atoms with Crippen molar-refractivity contribution in [3.8, 4) is 11.8 Å². The molecule has 0 unspecified atom stereocenters. The maximum atomic E-state index is 9.07. The second-order valence-electron chi connectivity index (χ2n) is 5.78. The Morgan fingerprint density at radius 2 is 2.05 bits per heavy atom. The number of hydrogen-bond donors (Lipinski definition) is 0. The van der Waals surface area contributed by atoms with Gasteiger partial charge in [-0.15, -0.1) is 11.6 Å². The summed E-state index contributed by atoms with van der Waals surface area (Å²) in [7, 11) is 1.66. The zero-order valence-electron chi connectivity index (χ0n) is 14.1. The zero-order chi connectivity index (χ0) is 16.7. The SMILES string of the molecule is COc1cc(N(CCCl)CC(C)C)ccc1C(C)=C(C)C#N. The molecule has 0 heterocycles. The fourth-order valence-electron chi connectivity index (χ4n) is 2.34. The van der Waals surface area contributed by atoms with Crippen LogP contribution in [0.2, 0.25) is 0 Å². The summed E-state index contributed by atoms with van der Waals surface area (Å²) in [5, 5.41) is 9.07. The van der Waals surface area contributed by atoms with E-state index in [0.717, 1.165) is 35.7 Å². The summed E-state index contributed by atoms with van der Waals surface area (Å²) in [6, 6.07) is 8.31. The van der Waals surface area contributed by atoms with Crippen molar-refractivity contribution >= 4 is 22.9 Å². The van der Waals surface area contributed by atoms with E-state index in [0.29, 0.717) is 17.4 Å². The molecule has 120 valence electrons. The molecule has 0 atom stereocenters. The highest BCUT2D eigenvalue weighted by Gasteiger charge is 2.13. The van der Waals surface area contributed by atoms with Gasteiger partial charge >= 0.3 is 0 Å². The lowest BCUT2D eigenvalue weighted by Gasteiger charge is -2.27. The minimum absolute atomic E-state index is 0.552. The summed E-state index contributed by atoms with van der Waals surface area (Å²) >= 11 is 5.93. The van der Waals surface area contributed by atoms with Crippen molar-refractivity contribution in [2.75, 3.05) is 31.0 Å². The van der Waals surface area contributed by atoms with Crippen LogP contribution >= 0.6 is 11.6 Å². The molecule has 0 saturated heterocycles. The van der Waals surface area contributed by atoms with Crippen LogP contribution in [-0.4, -0.2) is 26.1 Å². The lowest BCUT2D eigenvalue weighted by atomic mass is 10.0. The van der Waals surface area contributed by atoms with Crippen molar-refractivity contribution < 1.29 is 4.74 Å². The maximum Gasteiger partial charge on any atom is 0.128 e. The molecule has 1 rings (SSSR count). The molecule has 3 nitrogen and oxygen atoms in total. The Morgan fingerprint density at radius 3 is 2.55 bits per heavy atom. The van der Waals surface area contributed by atoms with E-state index in [-0.39, 0.29) is 0 Å². The molecule has 0 fully saturated rings. The number of benzene rings is 1. The summed E-state index contributed by atoms with van der Waals surface area (Å²) in [5.41, 5.74) is 3.70. The molecular formula is C18H25ClN2O. The third kappa shape index (κ3) is 4.68. The van der Waals surface area contributed by atoms with Gasteiger partial charge < -0.3 is 9.64 Å². The van der Waals surface area contributed by atoms with Crippen LogP contribution in [0.15, 0.2) is 23.8 Å². The number of ether oxygens (including phenoxy) is 1. The molecule has 1 aromatic rings. The molecule has 0 spiro atoms. The standard InChI is InChI=1S/C18H25ClN2O/c1-13(2)12-21(9-8-19)16-6-7-17(18(10-16)22-5)15(4)14(3)11-20/h6-7,10,13H,8-9,12H2,1-5H3. The highest BCUT2D eigenvalue weighted by Crippen LogP contribution is 2.32. The van der Waals surface area contributed by atoms with Gasteiger partial charge in [-0.25, -0.2) is 0 Å². The third-order valence-electron chi connectivity index (χ3n) is 3.62. The van der Waals surface area contributed by atoms with Crippen LogP contribution in [-0.2, 0) is 0 Å². The van der Waals surface area contributed by atoms with Crippen molar-refractivity contribution in [1.29, 1.82) is 5.26 Å². The summed E-state index contributed by atoms with van der Waals surface area (Å²) < 4.78 is 5.53. The van der Waals surface area contributed by atoms with E-state index in [4.69, 9.17) is 21.6 Å². The monoisotopic (exact) mass is 320 g/mol. The Labute approximate surface area is 139 Å². The van der Waals surface area contributed by atoms with Crippen molar-refractivity contribution in [3.63, 3.8) is 0 Å². The van der Waals surface area contributed by atoms with Crippen molar-refractivity contribution in [3.05, 3.63) is 29.3 Å². The number of anilines is 1. The van der Waals surface area contributed by atoms with Gasteiger partial charge in [0.15, 0.2) is 0 Å². The van der Waals surface area contributed by atoms with Crippen LogP contribution in [0, 0.1) is 17.2 Å². The minimum atomic E-state index is 0.552. The number of methoxy groups -OCH3 is 1. The largest absolute Gasteiger partial charge is 0.496 e. The number of halogens is 1. The highest BCUT2D eigenvalue weighted by atomic mass is 35.5. The van der Waals surface area contributed by atoms with Crippen LogP contribution in [0.5, 0.6) is 5.75 Å². The number of hydrogen-bond acceptors (Lipinski definition) is 3. The Balaban J connectivity index is 3.24. The van der Waals surface area contributed by atoms with Crippen LogP contribution < -0.4 is 9.64 Å². The number of rotatable bonds is 7. The van der Waals surface area contributed by atoms with Gasteiger partial charge in [-0.3, -0.25) is 0 Å². The van der Waals surface area contributed by atoms with Gasteiger partial charge in [-0.1, -0.05) is 13.8 Å². The fourth-order valence-corrected chi connectivity index (χ4v) is 2.54. The minimum Gasteiger partial charge on any atom is -0.496 e. The normalized spacial score (nSPS) is 11.9. The van der Waals surface area contributed by atoms with Crippen molar-refractivity contribution in [1.82, 2.24) is 0 Å². The predicted molar refractivity (Wildman–Crippen MR) is 94.6 cm³/mol. The lowest BCUT2D eigenvalue weighted by Crippen LogP contribution is -2.29. The van der Waals surface area contributed by atoms with Crippen LogP contribution in [0.3, 0.4) is 0 Å². The van der Waals surface area contributed by atoms with Gasteiger partial charge in [-0.2, -0.15) is 5.26 Å². The molecule has 0 N–H and O–H groups in total. The van der Waals surface area contributed by atoms with Gasteiger partial charge in [0.1, 0.15) is 5.75 Å². The van der Waals surface area contributed by atoms with Crippen molar-refractivity contribution in [2.45, 2.75) is 27.7 Å². The van der Waals surface area contributed by atoms with E-state index in [1.165, 1.54) is 0 Å². The van der Waals surface area contributed by atoms with Gasteiger partial charge in [0.2, 0.25) is 0 Å². The highest BCUT2D eigenvalue weighted by molar-refractivity contribution is 6.18. The Kier molecular flexibility index (Phi) is 7.27. The van der Waals surface area contributed by atoms with E-state index in [2.05, 4.69) is 30.9 Å². The number of alkyl halides is 1. The second kappa shape index (κ2) is 8.70. The Hall–Kier alpha value is -1.66. The summed E-state index contributed by atoms with van der Waals surface area (Å²) in [6.07, 6.45) is 0. The molecule has 0 aliphatic rings. The first-order valence-electron chi connectivity index (χ1n) is 7.51. The first-order chi connectivity index (χ1) is 10.4. The van der Waals surface area contributed by atoms with Crippen LogP contribution in [0.4, 0.5) is 5.69 Å². The molecule has 22 heavy (non-hydrogen) atoms. The first kappa shape index (κ1) is 18.4. The second-order valence-corrected chi connectivity index (χ2v) is 6.15. The average molecular weight is 321 g/mol. The van der Waals surface area contributed by atoms with Crippen LogP contribution in [0.25, 0.3) is 5.57 Å². The van der Waals surface area contributed by atoms with Gasteiger partial charge in [-0.05, 0) is 37.5 Å². The first-order valence-corrected chi connectivity index (χ1v) is 8.04. The molecule has 0 amide bonds. The molecule has 0 radical (unpaired) electrons. The van der Waals surface area contributed by atoms with Gasteiger partial charge in [0.05, 0.1) is 13.2 Å². The molecule has 0 aromatic heterocycles. The average Bonchev–Trinajstić information content (AvgIpc) is 2.51. The smallest absolute Gasteiger partial charge is 0.128 e. The van der Waals surface area contributed by atoms with Gasteiger partial charge in [0, 0.05) is 41.9 Å². The van der Waals surface area contributed by atoms with Crippen molar-refractivity contribution in [2.24, 2.45) is 5.92 Å². The number of nitrogens with zero attached hydrogens (tertiary/aromatic N) is 2. The summed E-state index contributed by atoms with van der Waals surface area (Å²) in [6.45, 7) is 9.89. The number of nitriles is 1. The molecule has 0 aliphatic carbocycles. The molecular weight excluding hydrogens is 296 g/mol. The quantitative estimate of drug-likeness (QED) is 0.539. The van der Waals surface area contributed by atoms with Gasteiger partial charge in [0.25, 0.3) is 0 Å². The molecule has 0 bridgehead atoms. The lowest BCUT2D eigenvalue weighted by molar-refractivity contribution is 0.413. The number of allylic oxidation sites excluding steroid dienone is 2. The fraction of sp³-hybridized carbons (Fsp3) is 0.500. The molecule has 1 aromatic carbocycles. The topological polar surface area (TPSA) is 36.3 Å². The summed E-state index contributed by atoms with van der Waals surface area (Å²) in [5.74, 6) is 1.92. The van der Waals surface area contributed by atoms with E-state index in [1.54, 1.807) is 7.11 Å². The molecule has 4 heteroatoms. The molecule has 0 aliphatic heterocycles. The molecule has 0 saturated carbocycles.